The number of benzene rings is 4. The van der Waals surface area contributed by atoms with Crippen molar-refractivity contribution < 1.29 is 18.4 Å². The molecule has 0 heterocycles. The number of fused-ring (bicyclic) bond motifs is 1. The molecule has 0 aliphatic carbocycles. The number of quaternary nitrogens is 2. The number of hydrogen-bond acceptors (Lipinski definition) is 2. The zero-order valence-electron chi connectivity index (χ0n) is 23.8. The predicted molar refractivity (Wildman–Crippen MR) is 162 cm³/mol. The molecule has 0 saturated heterocycles. The summed E-state index contributed by atoms with van der Waals surface area (Å²) in [5.74, 6) is -0.341. The van der Waals surface area contributed by atoms with Gasteiger partial charge in [0.25, 0.3) is 11.8 Å². The van der Waals surface area contributed by atoms with Gasteiger partial charge in [-0.05, 0) is 48.4 Å². The maximum atomic E-state index is 13.1. The Hall–Kier alpha value is -3.94. The smallest absolute Gasteiger partial charge is 0.337 e. The molecule has 6 nitrogen and oxygen atoms in total. The zero-order valence-corrected chi connectivity index (χ0v) is 23.8. The average Bonchev–Trinajstić information content (AvgIpc) is 2.88. The Morgan fingerprint density at radius 3 is 1.49 bits per heavy atom. The fourth-order valence-corrected chi connectivity index (χ4v) is 5.02. The number of carbonyl (C=O) groups is 2. The normalized spacial score (nSPS) is 11.7. The molecular formula is C32H38BN4O2+2. The van der Waals surface area contributed by atoms with Crippen LogP contribution in [-0.2, 0) is 13.0 Å². The van der Waals surface area contributed by atoms with Gasteiger partial charge in [-0.1, -0.05) is 55.5 Å². The van der Waals surface area contributed by atoms with Crippen molar-refractivity contribution in [1.29, 1.82) is 0 Å². The van der Waals surface area contributed by atoms with Crippen molar-refractivity contribution in [3.63, 3.8) is 0 Å². The van der Waals surface area contributed by atoms with E-state index < -0.39 is 0 Å². The third kappa shape index (κ3) is 7.34. The number of nitrogens with one attached hydrogen (secondary N) is 2. The van der Waals surface area contributed by atoms with Crippen LogP contribution in [0.25, 0.3) is 10.8 Å². The Kier molecular flexibility index (Phi) is 8.24. The topological polar surface area (TPSA) is 58.2 Å². The van der Waals surface area contributed by atoms with Gasteiger partial charge in [0, 0.05) is 38.8 Å². The van der Waals surface area contributed by atoms with E-state index in [0.29, 0.717) is 22.5 Å². The molecule has 7 heteroatoms. The van der Waals surface area contributed by atoms with Crippen molar-refractivity contribution in [2.75, 3.05) is 45.9 Å². The number of amides is 2. The number of anilines is 2. The van der Waals surface area contributed by atoms with Gasteiger partial charge in [0.2, 0.25) is 0 Å². The van der Waals surface area contributed by atoms with Crippen LogP contribution < -0.4 is 10.6 Å². The summed E-state index contributed by atoms with van der Waals surface area (Å²) >= 11 is 0. The largest absolute Gasteiger partial charge is 0.791 e. The van der Waals surface area contributed by atoms with E-state index in [1.165, 1.54) is 5.56 Å². The third-order valence-electron chi connectivity index (χ3n) is 6.51. The lowest BCUT2D eigenvalue weighted by molar-refractivity contribution is -0.888. The Labute approximate surface area is 232 Å². The van der Waals surface area contributed by atoms with Crippen molar-refractivity contribution in [3.8, 4) is 0 Å². The van der Waals surface area contributed by atoms with Crippen LogP contribution in [-0.4, -0.2) is 63.4 Å². The SMILES string of the molecule is CCc1ccc(C(=O)Nc2cccc3c(NC(=O)c4ccc(C[N+](C)(C)[B][N+](C)(C)C)cc4)cccc23)cc1. The van der Waals surface area contributed by atoms with Crippen LogP contribution in [0.15, 0.2) is 84.9 Å². The minimum absolute atomic E-state index is 0.166. The molecule has 0 aromatic heterocycles. The van der Waals surface area contributed by atoms with E-state index in [9.17, 15) is 9.59 Å². The van der Waals surface area contributed by atoms with Crippen LogP contribution in [0.2, 0.25) is 0 Å². The molecule has 0 unspecified atom stereocenters. The summed E-state index contributed by atoms with van der Waals surface area (Å²) in [5.41, 5.74) is 4.94. The third-order valence-corrected chi connectivity index (χ3v) is 6.51. The van der Waals surface area contributed by atoms with Crippen LogP contribution in [0.4, 0.5) is 11.4 Å². The van der Waals surface area contributed by atoms with Gasteiger partial charge in [0.05, 0.1) is 41.8 Å². The number of rotatable bonds is 9. The minimum Gasteiger partial charge on any atom is -0.337 e. The first-order valence-corrected chi connectivity index (χ1v) is 13.3. The highest BCUT2D eigenvalue weighted by molar-refractivity contribution is 6.16. The molecule has 2 amide bonds. The van der Waals surface area contributed by atoms with E-state index in [4.69, 9.17) is 0 Å². The molecule has 0 bridgehead atoms. The molecule has 0 saturated carbocycles. The first kappa shape index (κ1) is 28.1. The molecule has 4 rings (SSSR count). The number of hydrogen-bond donors (Lipinski definition) is 2. The van der Waals surface area contributed by atoms with Crippen molar-refractivity contribution in [3.05, 3.63) is 107 Å². The second-order valence-corrected chi connectivity index (χ2v) is 11.5. The molecule has 0 spiro atoms. The van der Waals surface area contributed by atoms with E-state index in [0.717, 1.165) is 38.1 Å². The quantitative estimate of drug-likeness (QED) is 0.277. The molecule has 199 valence electrons. The number of aryl methyl sites for hydroxylation is 1. The molecule has 39 heavy (non-hydrogen) atoms. The lowest BCUT2D eigenvalue weighted by Gasteiger charge is -2.32. The molecule has 4 aromatic carbocycles. The van der Waals surface area contributed by atoms with Crippen LogP contribution in [0.5, 0.6) is 0 Å². The van der Waals surface area contributed by atoms with Gasteiger partial charge in [-0.15, -0.1) is 0 Å². The maximum Gasteiger partial charge on any atom is 0.791 e. The highest BCUT2D eigenvalue weighted by Crippen LogP contribution is 2.30. The molecule has 4 aromatic rings. The van der Waals surface area contributed by atoms with E-state index in [1.807, 2.05) is 84.9 Å². The van der Waals surface area contributed by atoms with Gasteiger partial charge >= 0.3 is 7.55 Å². The molecule has 2 N–H and O–H groups in total. The Bertz CT molecular complexity index is 1470. The molecule has 0 fully saturated rings. The van der Waals surface area contributed by atoms with Gasteiger partial charge in [-0.3, -0.25) is 9.59 Å². The first-order chi connectivity index (χ1) is 18.4. The fourth-order valence-electron chi connectivity index (χ4n) is 5.02. The molecule has 0 atom stereocenters. The first-order valence-electron chi connectivity index (χ1n) is 13.3. The second kappa shape index (κ2) is 11.4. The van der Waals surface area contributed by atoms with Gasteiger partial charge in [-0.2, -0.15) is 0 Å². The number of nitrogens with zero attached hydrogens (tertiary/aromatic N) is 2. The number of carbonyl (C=O) groups excluding carboxylic acids is 2. The van der Waals surface area contributed by atoms with E-state index in [2.05, 4.69) is 60.3 Å². The van der Waals surface area contributed by atoms with Gasteiger partial charge in [-0.25, -0.2) is 0 Å². The van der Waals surface area contributed by atoms with E-state index in [-0.39, 0.29) is 11.8 Å². The molecular weight excluding hydrogens is 483 g/mol. The van der Waals surface area contributed by atoms with Crippen molar-refractivity contribution in [1.82, 2.24) is 0 Å². The fraction of sp³-hybridized carbons (Fsp3) is 0.250. The second-order valence-electron chi connectivity index (χ2n) is 11.5. The Morgan fingerprint density at radius 1 is 0.641 bits per heavy atom. The summed E-state index contributed by atoms with van der Waals surface area (Å²) in [5, 5.41) is 7.81. The zero-order chi connectivity index (χ0) is 28.2. The lowest BCUT2D eigenvalue weighted by Crippen LogP contribution is -2.56. The molecule has 0 aliphatic heterocycles. The summed E-state index contributed by atoms with van der Waals surface area (Å²) in [6, 6.07) is 26.8. The van der Waals surface area contributed by atoms with Crippen molar-refractivity contribution >= 4 is 41.5 Å². The maximum absolute atomic E-state index is 13.1. The van der Waals surface area contributed by atoms with Crippen molar-refractivity contribution in [2.45, 2.75) is 19.9 Å². The van der Waals surface area contributed by atoms with E-state index in [1.54, 1.807) is 0 Å². The van der Waals surface area contributed by atoms with Gasteiger partial charge in [0.1, 0.15) is 0 Å². The summed E-state index contributed by atoms with van der Waals surface area (Å²) in [6.45, 7) is 2.92. The predicted octanol–water partition coefficient (Wildman–Crippen LogP) is 5.72. The summed E-state index contributed by atoms with van der Waals surface area (Å²) in [4.78, 5) is 26.1. The monoisotopic (exact) mass is 521 g/mol. The van der Waals surface area contributed by atoms with Crippen LogP contribution >= 0.6 is 0 Å². The summed E-state index contributed by atoms with van der Waals surface area (Å²) < 4.78 is 1.49. The molecule has 1 radical (unpaired) electrons. The average molecular weight is 521 g/mol. The standard InChI is InChI=1S/C32H38BN4O2/c1-7-23-14-18-25(19-15-23)31(38)34-29-12-8-11-28-27(29)10-9-13-30(28)35-32(39)26-20-16-24(17-21-26)22-37(5,6)33-36(2,3)4/h8-21H,7,22H2,1-6H3,(H,34,38)(H,35,39)/q+2. The lowest BCUT2D eigenvalue weighted by atomic mass is 9.97. The van der Waals surface area contributed by atoms with E-state index >= 15 is 0 Å². The van der Waals surface area contributed by atoms with Crippen LogP contribution in [0.3, 0.4) is 0 Å². The van der Waals surface area contributed by atoms with Gasteiger partial charge < -0.3 is 19.4 Å². The highest BCUT2D eigenvalue weighted by atomic mass is 16.2. The summed E-state index contributed by atoms with van der Waals surface area (Å²) in [7, 11) is 13.0. The summed E-state index contributed by atoms with van der Waals surface area (Å²) in [6.07, 6.45) is 0.928. The van der Waals surface area contributed by atoms with Crippen LogP contribution in [0.1, 0.15) is 38.8 Å². The minimum atomic E-state index is -0.175. The Morgan fingerprint density at radius 2 is 1.08 bits per heavy atom. The van der Waals surface area contributed by atoms with Crippen molar-refractivity contribution in [2.24, 2.45) is 0 Å². The highest BCUT2D eigenvalue weighted by Gasteiger charge is 2.36. The van der Waals surface area contributed by atoms with Gasteiger partial charge in [0.15, 0.2) is 0 Å². The van der Waals surface area contributed by atoms with Crippen LogP contribution in [0, 0.1) is 0 Å². The molecule has 0 aliphatic rings. The Balaban J connectivity index is 1.49.